The van der Waals surface area contributed by atoms with E-state index in [4.69, 9.17) is 9.72 Å². The molecule has 102 valence electrons. The van der Waals surface area contributed by atoms with E-state index in [1.54, 1.807) is 0 Å². The van der Waals surface area contributed by atoms with Crippen molar-refractivity contribution in [3.05, 3.63) is 15.6 Å². The van der Waals surface area contributed by atoms with E-state index in [0.717, 1.165) is 31.6 Å². The predicted octanol–water partition coefficient (Wildman–Crippen LogP) is 3.15. The molecule has 0 saturated carbocycles. The molecule has 2 unspecified atom stereocenters. The van der Waals surface area contributed by atoms with Crippen molar-refractivity contribution in [2.24, 2.45) is 0 Å². The van der Waals surface area contributed by atoms with Crippen molar-refractivity contribution < 1.29 is 4.74 Å². The van der Waals surface area contributed by atoms with Crippen molar-refractivity contribution in [3.8, 4) is 0 Å². The number of hydrogen-bond acceptors (Lipinski definition) is 4. The van der Waals surface area contributed by atoms with Crippen molar-refractivity contribution in [2.45, 2.75) is 58.1 Å². The normalized spacial score (nSPS) is 32.7. The molecule has 0 bridgehead atoms. The summed E-state index contributed by atoms with van der Waals surface area (Å²) in [7, 11) is 2.05. The molecule has 1 aromatic heterocycles. The minimum atomic E-state index is -0.0330. The van der Waals surface area contributed by atoms with Crippen LogP contribution in [-0.2, 0) is 10.3 Å². The van der Waals surface area contributed by atoms with Gasteiger partial charge in [0.2, 0.25) is 0 Å². The zero-order valence-corrected chi connectivity index (χ0v) is 12.9. The van der Waals surface area contributed by atoms with Crippen molar-refractivity contribution in [3.63, 3.8) is 0 Å². The van der Waals surface area contributed by atoms with Gasteiger partial charge in [0.25, 0.3) is 0 Å². The van der Waals surface area contributed by atoms with E-state index in [0.29, 0.717) is 0 Å². The fourth-order valence-electron chi connectivity index (χ4n) is 2.66. The number of nitrogens with zero attached hydrogens (tertiary/aromatic N) is 1. The zero-order chi connectivity index (χ0) is 13.4. The maximum absolute atomic E-state index is 5.97. The highest BCUT2D eigenvalue weighted by Gasteiger charge is 2.44. The number of hydrogen-bond donors (Lipinski definition) is 1. The molecule has 1 N–H and O–H groups in total. The third kappa shape index (κ3) is 2.33. The molecule has 2 rings (SSSR count). The Hall–Kier alpha value is -0.450. The van der Waals surface area contributed by atoms with E-state index >= 15 is 0 Å². The van der Waals surface area contributed by atoms with Gasteiger partial charge in [-0.15, -0.1) is 11.3 Å². The lowest BCUT2D eigenvalue weighted by molar-refractivity contribution is -0.102. The first kappa shape index (κ1) is 14.0. The molecule has 1 saturated heterocycles. The van der Waals surface area contributed by atoms with E-state index in [2.05, 4.69) is 33.0 Å². The minimum Gasteiger partial charge on any atom is -0.375 e. The van der Waals surface area contributed by atoms with Crippen LogP contribution in [0.15, 0.2) is 0 Å². The highest BCUT2D eigenvalue weighted by molar-refractivity contribution is 7.11. The molecular formula is C14H24N2OS. The van der Waals surface area contributed by atoms with Crippen LogP contribution in [0.1, 0.15) is 48.7 Å². The first-order valence-electron chi connectivity index (χ1n) is 6.72. The number of ether oxygens (including phenoxy) is 1. The van der Waals surface area contributed by atoms with Crippen LogP contribution in [0.4, 0.5) is 0 Å². The topological polar surface area (TPSA) is 34.2 Å². The Kier molecular flexibility index (Phi) is 3.81. The molecule has 0 spiro atoms. The Balaban J connectivity index is 2.36. The van der Waals surface area contributed by atoms with Gasteiger partial charge in [0.05, 0.1) is 16.8 Å². The van der Waals surface area contributed by atoms with Crippen LogP contribution in [0, 0.1) is 13.8 Å². The summed E-state index contributed by atoms with van der Waals surface area (Å²) in [6.07, 6.45) is 3.05. The Morgan fingerprint density at radius 2 is 2.17 bits per heavy atom. The van der Waals surface area contributed by atoms with E-state index in [1.807, 2.05) is 18.4 Å². The lowest BCUT2D eigenvalue weighted by atomic mass is 9.79. The molecule has 0 amide bonds. The highest BCUT2D eigenvalue weighted by atomic mass is 32.1. The predicted molar refractivity (Wildman–Crippen MR) is 76.2 cm³/mol. The lowest BCUT2D eigenvalue weighted by Crippen LogP contribution is -2.52. The molecule has 2 heterocycles. The summed E-state index contributed by atoms with van der Waals surface area (Å²) in [5.41, 5.74) is 1.12. The molecule has 4 heteroatoms. The van der Waals surface area contributed by atoms with E-state index in [9.17, 15) is 0 Å². The highest BCUT2D eigenvalue weighted by Crippen LogP contribution is 2.42. The van der Waals surface area contributed by atoms with E-state index in [-0.39, 0.29) is 11.1 Å². The molecule has 18 heavy (non-hydrogen) atoms. The zero-order valence-electron chi connectivity index (χ0n) is 12.1. The minimum absolute atomic E-state index is 0.00725. The van der Waals surface area contributed by atoms with Gasteiger partial charge in [-0.1, -0.05) is 6.92 Å². The van der Waals surface area contributed by atoms with Crippen LogP contribution in [0.3, 0.4) is 0 Å². The van der Waals surface area contributed by atoms with Crippen LogP contribution in [0.2, 0.25) is 0 Å². The number of nitrogens with one attached hydrogen (secondary N) is 1. The SMILES string of the molecule is CCC1(C)CC(NC)(c2nc(C)c(C)s2)CCO1. The Morgan fingerprint density at radius 3 is 2.67 bits per heavy atom. The smallest absolute Gasteiger partial charge is 0.113 e. The summed E-state index contributed by atoms with van der Waals surface area (Å²) < 4.78 is 5.97. The summed E-state index contributed by atoms with van der Waals surface area (Å²) >= 11 is 1.83. The molecular weight excluding hydrogens is 244 g/mol. The van der Waals surface area contributed by atoms with Gasteiger partial charge in [-0.05, 0) is 40.7 Å². The molecule has 1 fully saturated rings. The second-order valence-electron chi connectivity index (χ2n) is 5.57. The van der Waals surface area contributed by atoms with Gasteiger partial charge in [-0.3, -0.25) is 0 Å². The lowest BCUT2D eigenvalue weighted by Gasteiger charge is -2.45. The molecule has 3 nitrogen and oxygen atoms in total. The third-order valence-electron chi connectivity index (χ3n) is 4.32. The summed E-state index contributed by atoms with van der Waals surface area (Å²) in [6, 6.07) is 0. The van der Waals surface area contributed by atoms with Crippen LogP contribution in [0.5, 0.6) is 0 Å². The van der Waals surface area contributed by atoms with Gasteiger partial charge < -0.3 is 10.1 Å². The van der Waals surface area contributed by atoms with Crippen molar-refractivity contribution in [2.75, 3.05) is 13.7 Å². The summed E-state index contributed by atoms with van der Waals surface area (Å²) in [6.45, 7) is 9.47. The average molecular weight is 268 g/mol. The largest absolute Gasteiger partial charge is 0.375 e. The van der Waals surface area contributed by atoms with Gasteiger partial charge in [-0.25, -0.2) is 4.98 Å². The van der Waals surface area contributed by atoms with Gasteiger partial charge in [0.1, 0.15) is 5.01 Å². The molecule has 0 radical (unpaired) electrons. The molecule has 1 aromatic rings. The summed E-state index contributed by atoms with van der Waals surface area (Å²) in [5.74, 6) is 0. The van der Waals surface area contributed by atoms with Crippen molar-refractivity contribution in [1.29, 1.82) is 0 Å². The maximum Gasteiger partial charge on any atom is 0.113 e. The van der Waals surface area contributed by atoms with Crippen LogP contribution >= 0.6 is 11.3 Å². The molecule has 1 aliphatic heterocycles. The van der Waals surface area contributed by atoms with E-state index < -0.39 is 0 Å². The summed E-state index contributed by atoms with van der Waals surface area (Å²) in [4.78, 5) is 6.10. The number of aryl methyl sites for hydroxylation is 2. The number of aromatic nitrogens is 1. The first-order valence-corrected chi connectivity index (χ1v) is 7.54. The second kappa shape index (κ2) is 4.91. The quantitative estimate of drug-likeness (QED) is 0.914. The average Bonchev–Trinajstić information content (AvgIpc) is 2.70. The fraction of sp³-hybridized carbons (Fsp3) is 0.786. The van der Waals surface area contributed by atoms with Crippen LogP contribution in [-0.4, -0.2) is 24.2 Å². The Labute approximate surface area is 114 Å². The first-order chi connectivity index (χ1) is 8.45. The molecule has 0 aliphatic carbocycles. The van der Waals surface area contributed by atoms with Crippen molar-refractivity contribution >= 4 is 11.3 Å². The number of rotatable bonds is 3. The summed E-state index contributed by atoms with van der Waals surface area (Å²) in [5, 5.41) is 4.76. The van der Waals surface area contributed by atoms with Crippen LogP contribution < -0.4 is 5.32 Å². The maximum atomic E-state index is 5.97. The molecule has 1 aliphatic rings. The molecule has 0 aromatic carbocycles. The fourth-order valence-corrected chi connectivity index (χ4v) is 3.79. The van der Waals surface area contributed by atoms with Crippen LogP contribution in [0.25, 0.3) is 0 Å². The van der Waals surface area contributed by atoms with Crippen molar-refractivity contribution in [1.82, 2.24) is 10.3 Å². The monoisotopic (exact) mass is 268 g/mol. The Morgan fingerprint density at radius 1 is 1.44 bits per heavy atom. The van der Waals surface area contributed by atoms with Gasteiger partial charge in [-0.2, -0.15) is 0 Å². The van der Waals surface area contributed by atoms with Gasteiger partial charge in [0.15, 0.2) is 0 Å². The van der Waals surface area contributed by atoms with Gasteiger partial charge >= 0.3 is 0 Å². The Bertz CT molecular complexity index is 412. The van der Waals surface area contributed by atoms with E-state index in [1.165, 1.54) is 9.88 Å². The van der Waals surface area contributed by atoms with Gasteiger partial charge in [0, 0.05) is 17.9 Å². The number of thiazole rings is 1. The second-order valence-corrected chi connectivity index (χ2v) is 6.77. The standard InChI is InChI=1S/C14H24N2OS/c1-6-13(4)9-14(15-5,7-8-17-13)12-16-10(2)11(3)18-12/h15H,6-9H2,1-5H3. The molecule has 2 atom stereocenters. The third-order valence-corrected chi connectivity index (χ3v) is 5.60.